The fourth-order valence-electron chi connectivity index (χ4n) is 5.08. The molecule has 29 heavy (non-hydrogen) atoms. The highest BCUT2D eigenvalue weighted by molar-refractivity contribution is 5.83. The van der Waals surface area contributed by atoms with Crippen LogP contribution in [0, 0.1) is 17.2 Å². The average Bonchev–Trinajstić information content (AvgIpc) is 2.72. The highest BCUT2D eigenvalue weighted by atomic mass is 16.5. The van der Waals surface area contributed by atoms with Crippen LogP contribution in [0.1, 0.15) is 65.7 Å². The number of piperidine rings is 1. The van der Waals surface area contributed by atoms with Gasteiger partial charge in [0.15, 0.2) is 0 Å². The van der Waals surface area contributed by atoms with Gasteiger partial charge >= 0.3 is 0 Å². The molecule has 3 fully saturated rings. The number of nitrogens with zero attached hydrogens (tertiary/aromatic N) is 3. The lowest BCUT2D eigenvalue weighted by atomic mass is 9.82. The van der Waals surface area contributed by atoms with Gasteiger partial charge in [-0.1, -0.05) is 19.3 Å². The Bertz CT molecular complexity index is 622. The van der Waals surface area contributed by atoms with Crippen LogP contribution in [0.4, 0.5) is 0 Å². The minimum absolute atomic E-state index is 0.0304. The molecule has 0 radical (unpaired) electrons. The summed E-state index contributed by atoms with van der Waals surface area (Å²) < 4.78 is 5.74. The Morgan fingerprint density at radius 2 is 1.69 bits per heavy atom. The first kappa shape index (κ1) is 22.0. The molecular weight excluding hydrogens is 368 g/mol. The van der Waals surface area contributed by atoms with E-state index in [2.05, 4.69) is 16.3 Å². The number of hydrogen-bond donors (Lipinski definition) is 1. The molecule has 0 aromatic rings. The molecule has 0 bridgehead atoms. The molecule has 1 aliphatic carbocycles. The molecule has 1 saturated carbocycles. The molecule has 3 aliphatic rings. The molecule has 0 aromatic heterocycles. The molecule has 0 aromatic carbocycles. The number of likely N-dealkylation sites (tertiary alicyclic amines) is 1. The fourth-order valence-corrected chi connectivity index (χ4v) is 5.08. The van der Waals surface area contributed by atoms with E-state index in [1.54, 1.807) is 0 Å². The Morgan fingerprint density at radius 3 is 2.24 bits per heavy atom. The number of morpholine rings is 1. The van der Waals surface area contributed by atoms with Gasteiger partial charge in [0.2, 0.25) is 11.8 Å². The maximum Gasteiger partial charge on any atom is 0.238 e. The van der Waals surface area contributed by atoms with E-state index >= 15 is 0 Å². The van der Waals surface area contributed by atoms with Crippen molar-refractivity contribution in [3.8, 4) is 6.07 Å². The van der Waals surface area contributed by atoms with E-state index in [-0.39, 0.29) is 36.0 Å². The van der Waals surface area contributed by atoms with Crippen molar-refractivity contribution in [1.82, 2.24) is 15.1 Å². The molecule has 7 heteroatoms. The lowest BCUT2D eigenvalue weighted by Crippen LogP contribution is -2.56. The lowest BCUT2D eigenvalue weighted by molar-refractivity contribution is -0.149. The molecule has 7 nitrogen and oxygen atoms in total. The van der Waals surface area contributed by atoms with Crippen LogP contribution >= 0.6 is 0 Å². The van der Waals surface area contributed by atoms with Gasteiger partial charge in [0.05, 0.1) is 24.3 Å². The SMILES string of the molecule is CC1CN(C(=O)C2CCN(C(C)C(=O)NC3(C#N)CCCCC3)CC2)CC(C)O1. The van der Waals surface area contributed by atoms with E-state index in [0.717, 1.165) is 58.0 Å². The Labute approximate surface area is 174 Å². The molecule has 1 N–H and O–H groups in total. The van der Waals surface area contributed by atoms with Crippen molar-refractivity contribution >= 4 is 11.8 Å². The van der Waals surface area contributed by atoms with Crippen LogP contribution in [0.3, 0.4) is 0 Å². The van der Waals surface area contributed by atoms with E-state index in [1.165, 1.54) is 0 Å². The summed E-state index contributed by atoms with van der Waals surface area (Å²) in [6, 6.07) is 2.08. The predicted molar refractivity (Wildman–Crippen MR) is 110 cm³/mol. The van der Waals surface area contributed by atoms with E-state index in [9.17, 15) is 14.9 Å². The first-order chi connectivity index (χ1) is 13.8. The molecule has 3 unspecified atom stereocenters. The first-order valence-corrected chi connectivity index (χ1v) is 11.2. The van der Waals surface area contributed by atoms with E-state index < -0.39 is 5.54 Å². The van der Waals surface area contributed by atoms with Crippen molar-refractivity contribution < 1.29 is 14.3 Å². The molecule has 162 valence electrons. The highest BCUT2D eigenvalue weighted by Crippen LogP contribution is 2.28. The number of nitriles is 1. The second-order valence-corrected chi connectivity index (χ2v) is 9.23. The molecule has 2 heterocycles. The van der Waals surface area contributed by atoms with Crippen molar-refractivity contribution in [3.05, 3.63) is 0 Å². The third-order valence-electron chi connectivity index (χ3n) is 6.82. The fraction of sp³-hybridized carbons (Fsp3) is 0.864. The summed E-state index contributed by atoms with van der Waals surface area (Å²) in [5.41, 5.74) is -0.693. The number of carbonyl (C=O) groups excluding carboxylic acids is 2. The Kier molecular flexibility index (Phi) is 7.18. The summed E-state index contributed by atoms with van der Waals surface area (Å²) in [5, 5.41) is 12.7. The second kappa shape index (κ2) is 9.44. The van der Waals surface area contributed by atoms with E-state index in [4.69, 9.17) is 4.74 Å². The average molecular weight is 405 g/mol. The van der Waals surface area contributed by atoms with Gasteiger partial charge in [-0.15, -0.1) is 0 Å². The van der Waals surface area contributed by atoms with Crippen molar-refractivity contribution in [2.24, 2.45) is 5.92 Å². The maximum absolute atomic E-state index is 12.9. The lowest BCUT2D eigenvalue weighted by Gasteiger charge is -2.40. The monoisotopic (exact) mass is 404 g/mol. The van der Waals surface area contributed by atoms with Crippen LogP contribution in [0.15, 0.2) is 0 Å². The molecule has 3 rings (SSSR count). The van der Waals surface area contributed by atoms with Crippen molar-refractivity contribution in [2.45, 2.75) is 89.5 Å². The normalized spacial score (nSPS) is 29.7. The molecule has 0 spiro atoms. The molecular formula is C22H36N4O3. The first-order valence-electron chi connectivity index (χ1n) is 11.2. The van der Waals surface area contributed by atoms with Crippen molar-refractivity contribution in [3.63, 3.8) is 0 Å². The standard InChI is InChI=1S/C22H36N4O3/c1-16-13-26(14-17(2)29-16)21(28)19-7-11-25(12-8-19)18(3)20(27)24-22(15-23)9-5-4-6-10-22/h16-19H,4-14H2,1-3H3,(H,24,27). The zero-order chi connectivity index (χ0) is 21.0. The quantitative estimate of drug-likeness (QED) is 0.775. The zero-order valence-corrected chi connectivity index (χ0v) is 18.2. The molecule has 2 amide bonds. The van der Waals surface area contributed by atoms with Gasteiger partial charge in [0, 0.05) is 19.0 Å². The van der Waals surface area contributed by atoms with Crippen LogP contribution < -0.4 is 5.32 Å². The number of rotatable bonds is 4. The van der Waals surface area contributed by atoms with Gasteiger partial charge in [0.25, 0.3) is 0 Å². The number of nitrogens with one attached hydrogen (secondary N) is 1. The van der Waals surface area contributed by atoms with E-state index in [1.807, 2.05) is 25.7 Å². The van der Waals surface area contributed by atoms with Gasteiger partial charge < -0.3 is 15.0 Å². The number of carbonyl (C=O) groups is 2. The van der Waals surface area contributed by atoms with Gasteiger partial charge in [-0.3, -0.25) is 14.5 Å². The largest absolute Gasteiger partial charge is 0.372 e. The van der Waals surface area contributed by atoms with Crippen LogP contribution in [-0.2, 0) is 14.3 Å². The highest BCUT2D eigenvalue weighted by Gasteiger charge is 2.38. The minimum atomic E-state index is -0.693. The topological polar surface area (TPSA) is 85.7 Å². The van der Waals surface area contributed by atoms with Gasteiger partial charge in [-0.2, -0.15) is 5.26 Å². The minimum Gasteiger partial charge on any atom is -0.372 e. The summed E-state index contributed by atoms with van der Waals surface area (Å²) >= 11 is 0. The number of hydrogen-bond acceptors (Lipinski definition) is 5. The Morgan fingerprint density at radius 1 is 1.10 bits per heavy atom. The molecule has 2 saturated heterocycles. The number of amides is 2. The third kappa shape index (κ3) is 5.29. The predicted octanol–water partition coefficient (Wildman–Crippen LogP) is 2.07. The van der Waals surface area contributed by atoms with Crippen LogP contribution in [0.2, 0.25) is 0 Å². The molecule has 2 aliphatic heterocycles. The Hall–Kier alpha value is -1.65. The van der Waals surface area contributed by atoms with Crippen molar-refractivity contribution in [1.29, 1.82) is 5.26 Å². The summed E-state index contributed by atoms with van der Waals surface area (Å²) in [7, 11) is 0. The van der Waals surface area contributed by atoms with Gasteiger partial charge in [-0.05, 0) is 59.5 Å². The second-order valence-electron chi connectivity index (χ2n) is 9.23. The Balaban J connectivity index is 1.50. The summed E-state index contributed by atoms with van der Waals surface area (Å²) in [6.45, 7) is 8.74. The van der Waals surface area contributed by atoms with Gasteiger partial charge in [-0.25, -0.2) is 0 Å². The third-order valence-corrected chi connectivity index (χ3v) is 6.82. The summed E-state index contributed by atoms with van der Waals surface area (Å²) in [5.74, 6) is 0.200. The zero-order valence-electron chi connectivity index (χ0n) is 18.2. The summed E-state index contributed by atoms with van der Waals surface area (Å²) in [6.07, 6.45) is 6.33. The molecule has 3 atom stereocenters. The number of ether oxygens (including phenoxy) is 1. The van der Waals surface area contributed by atoms with Gasteiger partial charge in [0.1, 0.15) is 5.54 Å². The van der Waals surface area contributed by atoms with Crippen LogP contribution in [-0.4, -0.2) is 71.6 Å². The van der Waals surface area contributed by atoms with Crippen LogP contribution in [0.25, 0.3) is 0 Å². The van der Waals surface area contributed by atoms with Crippen molar-refractivity contribution in [2.75, 3.05) is 26.2 Å². The summed E-state index contributed by atoms with van der Waals surface area (Å²) in [4.78, 5) is 29.9. The van der Waals surface area contributed by atoms with E-state index in [0.29, 0.717) is 13.1 Å². The smallest absolute Gasteiger partial charge is 0.238 e. The van der Waals surface area contributed by atoms with Crippen LogP contribution in [0.5, 0.6) is 0 Å². The maximum atomic E-state index is 12.9.